The second kappa shape index (κ2) is 7.31. The summed E-state index contributed by atoms with van der Waals surface area (Å²) in [6, 6.07) is 12.4. The Labute approximate surface area is 182 Å². The number of hydrogen-bond donors (Lipinski definition) is 1. The SMILES string of the molecule is CC(=O)c1cnc(N)nc1N1CC[C@H]1c1nn2ccc(C#N)c2c(=O)n1-c1ccccc1. The van der Waals surface area contributed by atoms with Crippen molar-refractivity contribution in [2.24, 2.45) is 0 Å². The summed E-state index contributed by atoms with van der Waals surface area (Å²) in [6.45, 7) is 2.06. The van der Waals surface area contributed by atoms with Gasteiger partial charge in [0, 0.05) is 18.9 Å². The van der Waals surface area contributed by atoms with Crippen LogP contribution in [0.1, 0.15) is 41.1 Å². The smallest absolute Gasteiger partial charge is 0.283 e. The van der Waals surface area contributed by atoms with E-state index < -0.39 is 0 Å². The molecule has 1 fully saturated rings. The fourth-order valence-corrected chi connectivity index (χ4v) is 3.98. The van der Waals surface area contributed by atoms with Crippen LogP contribution in [0.5, 0.6) is 0 Å². The molecule has 32 heavy (non-hydrogen) atoms. The third kappa shape index (κ3) is 2.91. The van der Waals surface area contributed by atoms with Crippen molar-refractivity contribution in [2.45, 2.75) is 19.4 Å². The lowest BCUT2D eigenvalue weighted by atomic mass is 10.00. The van der Waals surface area contributed by atoms with Crippen molar-refractivity contribution in [3.63, 3.8) is 0 Å². The molecule has 5 rings (SSSR count). The Bertz CT molecular complexity index is 1470. The molecular formula is C22H18N8O2. The maximum Gasteiger partial charge on any atom is 0.283 e. The number of rotatable bonds is 4. The van der Waals surface area contributed by atoms with E-state index in [0.29, 0.717) is 35.9 Å². The first-order valence-electron chi connectivity index (χ1n) is 9.99. The third-order valence-corrected chi connectivity index (χ3v) is 5.60. The molecule has 2 N–H and O–H groups in total. The van der Waals surface area contributed by atoms with Crippen LogP contribution in [0.4, 0.5) is 11.8 Å². The number of aromatic nitrogens is 5. The lowest BCUT2D eigenvalue weighted by Crippen LogP contribution is -2.46. The van der Waals surface area contributed by atoms with Crippen LogP contribution in [0, 0.1) is 11.3 Å². The zero-order valence-corrected chi connectivity index (χ0v) is 17.1. The van der Waals surface area contributed by atoms with Gasteiger partial charge in [0.05, 0.1) is 22.9 Å². The summed E-state index contributed by atoms with van der Waals surface area (Å²) in [5.41, 5.74) is 6.91. The van der Waals surface area contributed by atoms with Crippen LogP contribution in [0.25, 0.3) is 11.2 Å². The first-order chi connectivity index (χ1) is 15.5. The van der Waals surface area contributed by atoms with Gasteiger partial charge in [-0.05, 0) is 31.5 Å². The molecule has 0 aliphatic carbocycles. The molecule has 1 aliphatic heterocycles. The fraction of sp³-hybridized carbons (Fsp3) is 0.182. The van der Waals surface area contributed by atoms with E-state index in [4.69, 9.17) is 10.8 Å². The van der Waals surface area contributed by atoms with Gasteiger partial charge in [0.25, 0.3) is 5.56 Å². The van der Waals surface area contributed by atoms with Crippen LogP contribution >= 0.6 is 0 Å². The Morgan fingerprint density at radius 1 is 1.25 bits per heavy atom. The zero-order chi connectivity index (χ0) is 22.4. The van der Waals surface area contributed by atoms with Gasteiger partial charge in [-0.25, -0.2) is 9.50 Å². The zero-order valence-electron chi connectivity index (χ0n) is 17.1. The molecule has 1 aliphatic rings. The van der Waals surface area contributed by atoms with Gasteiger partial charge in [0.2, 0.25) is 5.95 Å². The molecule has 1 saturated heterocycles. The van der Waals surface area contributed by atoms with Crippen molar-refractivity contribution in [1.82, 2.24) is 24.1 Å². The highest BCUT2D eigenvalue weighted by Gasteiger charge is 2.37. The molecule has 0 bridgehead atoms. The standard InChI is InChI=1S/C22H18N8O2/c1-13(31)16-12-25-22(24)26-19(16)28-9-8-17(28)20-27-29-10-7-14(11-23)18(29)21(32)30(20)15-5-3-2-4-6-15/h2-7,10,12,17H,8-9H2,1H3,(H2,24,25,26)/t17-/m0/s1. The number of nitrogens with two attached hydrogens (primary N) is 1. The van der Waals surface area contributed by atoms with E-state index in [-0.39, 0.29) is 34.4 Å². The number of nitrogens with zero attached hydrogens (tertiary/aromatic N) is 7. The number of ketones is 1. The number of nitriles is 1. The van der Waals surface area contributed by atoms with Gasteiger partial charge in [-0.2, -0.15) is 15.3 Å². The lowest BCUT2D eigenvalue weighted by molar-refractivity contribution is 0.101. The van der Waals surface area contributed by atoms with Crippen LogP contribution < -0.4 is 16.2 Å². The predicted octanol–water partition coefficient (Wildman–Crippen LogP) is 1.88. The Hall–Kier alpha value is -4.52. The highest BCUT2D eigenvalue weighted by molar-refractivity contribution is 5.98. The van der Waals surface area contributed by atoms with Gasteiger partial charge < -0.3 is 10.6 Å². The molecule has 4 aromatic rings. The summed E-state index contributed by atoms with van der Waals surface area (Å²) < 4.78 is 2.96. The number of carbonyl (C=O) groups excluding carboxylic acids is 1. The molecule has 1 aromatic carbocycles. The number of carbonyl (C=O) groups is 1. The van der Waals surface area contributed by atoms with Gasteiger partial charge in [-0.3, -0.25) is 14.2 Å². The van der Waals surface area contributed by atoms with Gasteiger partial charge >= 0.3 is 0 Å². The molecule has 0 amide bonds. The minimum atomic E-state index is -0.344. The van der Waals surface area contributed by atoms with Crippen molar-refractivity contribution in [1.29, 1.82) is 5.26 Å². The van der Waals surface area contributed by atoms with Crippen LogP contribution in [-0.2, 0) is 0 Å². The normalized spacial score (nSPS) is 15.4. The average molecular weight is 426 g/mol. The predicted molar refractivity (Wildman–Crippen MR) is 117 cm³/mol. The minimum Gasteiger partial charge on any atom is -0.368 e. The van der Waals surface area contributed by atoms with Gasteiger partial charge in [-0.1, -0.05) is 18.2 Å². The van der Waals surface area contributed by atoms with Gasteiger partial charge in [0.15, 0.2) is 11.6 Å². The van der Waals surface area contributed by atoms with Crippen molar-refractivity contribution in [3.05, 3.63) is 76.1 Å². The van der Waals surface area contributed by atoms with Crippen molar-refractivity contribution in [2.75, 3.05) is 17.2 Å². The number of para-hydroxylation sites is 1. The van der Waals surface area contributed by atoms with E-state index in [1.165, 1.54) is 22.2 Å². The summed E-state index contributed by atoms with van der Waals surface area (Å²) in [6.07, 6.45) is 3.71. The summed E-state index contributed by atoms with van der Waals surface area (Å²) in [5, 5.41) is 14.1. The number of benzene rings is 1. The number of anilines is 2. The maximum atomic E-state index is 13.5. The largest absolute Gasteiger partial charge is 0.368 e. The summed E-state index contributed by atoms with van der Waals surface area (Å²) in [4.78, 5) is 35.9. The number of Topliss-reactive ketones (excluding diaryl/α,β-unsaturated/α-hetero) is 1. The van der Waals surface area contributed by atoms with E-state index >= 15 is 0 Å². The Balaban J connectivity index is 1.73. The summed E-state index contributed by atoms with van der Waals surface area (Å²) in [5.74, 6) is 0.773. The first-order valence-corrected chi connectivity index (χ1v) is 9.99. The summed E-state index contributed by atoms with van der Waals surface area (Å²) in [7, 11) is 0. The lowest BCUT2D eigenvalue weighted by Gasteiger charge is -2.42. The Morgan fingerprint density at radius 2 is 2.03 bits per heavy atom. The highest BCUT2D eigenvalue weighted by Crippen LogP contribution is 2.38. The Kier molecular flexibility index (Phi) is 4.44. The van der Waals surface area contributed by atoms with Crippen molar-refractivity contribution >= 4 is 23.1 Å². The van der Waals surface area contributed by atoms with Crippen LogP contribution in [0.2, 0.25) is 0 Å². The van der Waals surface area contributed by atoms with E-state index in [0.717, 1.165) is 0 Å². The molecule has 0 saturated carbocycles. The fourth-order valence-electron chi connectivity index (χ4n) is 3.98. The molecule has 10 nitrogen and oxygen atoms in total. The molecule has 0 spiro atoms. The van der Waals surface area contributed by atoms with Gasteiger partial charge in [0.1, 0.15) is 17.4 Å². The number of hydrogen-bond acceptors (Lipinski definition) is 8. The molecule has 10 heteroatoms. The van der Waals surface area contributed by atoms with E-state index in [2.05, 4.69) is 16.0 Å². The molecule has 3 aromatic heterocycles. The van der Waals surface area contributed by atoms with E-state index in [1.807, 2.05) is 35.2 Å². The molecule has 1 atom stereocenters. The molecule has 4 heterocycles. The average Bonchev–Trinajstić information content (AvgIpc) is 3.17. The molecule has 0 radical (unpaired) electrons. The number of fused-ring (bicyclic) bond motifs is 1. The molecule has 0 unspecified atom stereocenters. The summed E-state index contributed by atoms with van der Waals surface area (Å²) >= 11 is 0. The van der Waals surface area contributed by atoms with Crippen molar-refractivity contribution < 1.29 is 4.79 Å². The first kappa shape index (κ1) is 19.4. The monoisotopic (exact) mass is 426 g/mol. The topological polar surface area (TPSA) is 135 Å². The van der Waals surface area contributed by atoms with Crippen molar-refractivity contribution in [3.8, 4) is 11.8 Å². The van der Waals surface area contributed by atoms with E-state index in [9.17, 15) is 14.9 Å². The molecular weight excluding hydrogens is 408 g/mol. The number of nitrogen functional groups attached to an aromatic ring is 1. The molecule has 158 valence electrons. The highest BCUT2D eigenvalue weighted by atomic mass is 16.1. The third-order valence-electron chi connectivity index (χ3n) is 5.60. The van der Waals surface area contributed by atoms with Gasteiger partial charge in [-0.15, -0.1) is 0 Å². The quantitative estimate of drug-likeness (QED) is 0.489. The van der Waals surface area contributed by atoms with Crippen LogP contribution in [-0.4, -0.2) is 36.5 Å². The van der Waals surface area contributed by atoms with E-state index in [1.54, 1.807) is 12.3 Å². The maximum absolute atomic E-state index is 13.5. The second-order valence-electron chi connectivity index (χ2n) is 7.49. The Morgan fingerprint density at radius 3 is 2.69 bits per heavy atom. The second-order valence-corrected chi connectivity index (χ2v) is 7.49. The minimum absolute atomic E-state index is 0.0589. The van der Waals surface area contributed by atoms with Crippen LogP contribution in [0.3, 0.4) is 0 Å². The van der Waals surface area contributed by atoms with Crippen LogP contribution in [0.15, 0.2) is 53.6 Å².